The van der Waals surface area contributed by atoms with E-state index in [2.05, 4.69) is 4.72 Å². The molecule has 0 unspecified atom stereocenters. The number of halogens is 1. The molecule has 0 aliphatic heterocycles. The summed E-state index contributed by atoms with van der Waals surface area (Å²) in [5, 5.41) is 10.3. The Labute approximate surface area is 192 Å². The van der Waals surface area contributed by atoms with E-state index in [-0.39, 0.29) is 4.90 Å². The van der Waals surface area contributed by atoms with Crippen molar-refractivity contribution in [3.05, 3.63) is 52.3 Å². The van der Waals surface area contributed by atoms with Gasteiger partial charge in [0.15, 0.2) is 6.61 Å². The lowest BCUT2D eigenvalue weighted by molar-refractivity contribution is -0.147. The molecule has 0 spiro atoms. The Kier molecular flexibility index (Phi) is 8.99. The molecule has 1 heterocycles. The van der Waals surface area contributed by atoms with E-state index >= 15 is 0 Å². The fraction of sp³-hybridized carbons (Fsp3) is 0.429. The maximum absolute atomic E-state index is 12.6. The molecule has 0 saturated heterocycles. The van der Waals surface area contributed by atoms with Gasteiger partial charge in [0.2, 0.25) is 15.8 Å². The standard InChI is InChI=1S/C21H27ClN2O7S/c1-13-11-18(14(2)24(13)9-10-30-4)19(26)12-31-21(27)20(15(3)25)23-32(28,29)17-7-5-16(22)6-8-17/h5-8,11,15,20,23,25H,9-10,12H2,1-4H3/t15-,20-/m0/s1. The van der Waals surface area contributed by atoms with Crippen molar-refractivity contribution in [1.29, 1.82) is 0 Å². The van der Waals surface area contributed by atoms with Crippen molar-refractivity contribution in [3.8, 4) is 0 Å². The van der Waals surface area contributed by atoms with E-state index in [1.54, 1.807) is 20.1 Å². The predicted molar refractivity (Wildman–Crippen MR) is 118 cm³/mol. The summed E-state index contributed by atoms with van der Waals surface area (Å²) in [4.78, 5) is 24.9. The second kappa shape index (κ2) is 11.1. The molecule has 2 rings (SSSR count). The Morgan fingerprint density at radius 3 is 2.41 bits per heavy atom. The number of aliphatic hydroxyl groups is 1. The van der Waals surface area contributed by atoms with Crippen LogP contribution in [0, 0.1) is 13.8 Å². The number of carbonyl (C=O) groups is 2. The minimum absolute atomic E-state index is 0.139. The molecule has 0 fully saturated rings. The van der Waals surface area contributed by atoms with Gasteiger partial charge >= 0.3 is 5.97 Å². The molecule has 0 aliphatic carbocycles. The van der Waals surface area contributed by atoms with Crippen LogP contribution in [-0.4, -0.2) is 62.3 Å². The van der Waals surface area contributed by atoms with E-state index in [9.17, 15) is 23.1 Å². The summed E-state index contributed by atoms with van der Waals surface area (Å²) >= 11 is 5.77. The fourth-order valence-corrected chi connectivity index (χ4v) is 4.49. The highest BCUT2D eigenvalue weighted by Gasteiger charge is 2.31. The second-order valence-electron chi connectivity index (χ2n) is 7.25. The van der Waals surface area contributed by atoms with Crippen molar-refractivity contribution >= 4 is 33.4 Å². The molecule has 2 N–H and O–H groups in total. The molecule has 0 saturated carbocycles. The number of hydrogen-bond donors (Lipinski definition) is 2. The minimum Gasteiger partial charge on any atom is -0.456 e. The molecule has 176 valence electrons. The van der Waals surface area contributed by atoms with Crippen molar-refractivity contribution in [2.24, 2.45) is 0 Å². The van der Waals surface area contributed by atoms with Crippen molar-refractivity contribution in [2.45, 2.75) is 44.4 Å². The molecular formula is C21H27ClN2O7S. The average molecular weight is 487 g/mol. The van der Waals surface area contributed by atoms with Gasteiger partial charge in [-0.15, -0.1) is 0 Å². The van der Waals surface area contributed by atoms with Gasteiger partial charge < -0.3 is 19.1 Å². The molecule has 0 aliphatic rings. The molecule has 1 aromatic heterocycles. The monoisotopic (exact) mass is 486 g/mol. The molecule has 1 aromatic carbocycles. The molecule has 0 amide bonds. The van der Waals surface area contributed by atoms with E-state index in [4.69, 9.17) is 21.1 Å². The number of methoxy groups -OCH3 is 1. The quantitative estimate of drug-likeness (QED) is 0.367. The highest BCUT2D eigenvalue weighted by molar-refractivity contribution is 7.89. The zero-order valence-corrected chi connectivity index (χ0v) is 19.9. The van der Waals surface area contributed by atoms with Crippen LogP contribution >= 0.6 is 11.6 Å². The summed E-state index contributed by atoms with van der Waals surface area (Å²) in [6.45, 7) is 5.30. The predicted octanol–water partition coefficient (Wildman–Crippen LogP) is 1.86. The highest BCUT2D eigenvalue weighted by Crippen LogP contribution is 2.17. The van der Waals surface area contributed by atoms with Gasteiger partial charge in [-0.2, -0.15) is 4.72 Å². The SMILES string of the molecule is COCCn1c(C)cc(C(=O)COC(=O)[C@@H](NS(=O)(=O)c2ccc(Cl)cc2)[C@H](C)O)c1C. The Balaban J connectivity index is 2.09. The van der Waals surface area contributed by atoms with Gasteiger partial charge in [0.25, 0.3) is 0 Å². The number of carbonyl (C=O) groups excluding carboxylic acids is 2. The minimum atomic E-state index is -4.14. The summed E-state index contributed by atoms with van der Waals surface area (Å²) in [5.74, 6) is -1.51. The number of sulfonamides is 1. The lowest BCUT2D eigenvalue weighted by Crippen LogP contribution is -2.48. The van der Waals surface area contributed by atoms with Gasteiger partial charge in [-0.3, -0.25) is 9.59 Å². The number of aromatic nitrogens is 1. The molecule has 11 heteroatoms. The van der Waals surface area contributed by atoms with Crippen molar-refractivity contribution in [1.82, 2.24) is 9.29 Å². The van der Waals surface area contributed by atoms with E-state index in [0.717, 1.165) is 5.69 Å². The smallest absolute Gasteiger partial charge is 0.327 e. The zero-order chi connectivity index (χ0) is 24.1. The molecule has 0 bridgehead atoms. The number of hydrogen-bond acceptors (Lipinski definition) is 7. The van der Waals surface area contributed by atoms with Crippen LogP contribution in [0.2, 0.25) is 5.02 Å². The number of Topliss-reactive ketones (excluding diaryl/α,β-unsaturated/α-hetero) is 1. The van der Waals surface area contributed by atoms with Gasteiger partial charge in [0, 0.05) is 35.6 Å². The first-order valence-electron chi connectivity index (χ1n) is 9.79. The van der Waals surface area contributed by atoms with Crippen LogP contribution in [0.4, 0.5) is 0 Å². The second-order valence-corrected chi connectivity index (χ2v) is 9.40. The maximum Gasteiger partial charge on any atom is 0.327 e. The van der Waals surface area contributed by atoms with Crippen LogP contribution < -0.4 is 4.72 Å². The first-order chi connectivity index (χ1) is 15.0. The maximum atomic E-state index is 12.6. The number of rotatable bonds is 11. The molecule has 2 atom stereocenters. The Hall–Kier alpha value is -2.24. The van der Waals surface area contributed by atoms with Crippen LogP contribution in [-0.2, 0) is 30.8 Å². The average Bonchev–Trinajstić information content (AvgIpc) is 3.02. The van der Waals surface area contributed by atoms with Gasteiger partial charge in [-0.25, -0.2) is 8.42 Å². The number of aliphatic hydroxyl groups excluding tert-OH is 1. The molecule has 9 nitrogen and oxygen atoms in total. The number of aryl methyl sites for hydroxylation is 1. The number of nitrogens with zero attached hydrogens (tertiary/aromatic N) is 1. The summed E-state index contributed by atoms with van der Waals surface area (Å²) in [6, 6.07) is 5.38. The number of ether oxygens (including phenoxy) is 2. The first kappa shape index (κ1) is 26.0. The van der Waals surface area contributed by atoms with Crippen LogP contribution in [0.5, 0.6) is 0 Å². The van der Waals surface area contributed by atoms with Crippen LogP contribution in [0.15, 0.2) is 35.2 Å². The molecular weight excluding hydrogens is 460 g/mol. The topological polar surface area (TPSA) is 124 Å². The van der Waals surface area contributed by atoms with Gasteiger partial charge in [-0.1, -0.05) is 11.6 Å². The normalized spacial score (nSPS) is 13.6. The third-order valence-electron chi connectivity index (χ3n) is 4.88. The third-order valence-corrected chi connectivity index (χ3v) is 6.59. The molecule has 32 heavy (non-hydrogen) atoms. The zero-order valence-electron chi connectivity index (χ0n) is 18.3. The Morgan fingerprint density at radius 1 is 1.22 bits per heavy atom. The highest BCUT2D eigenvalue weighted by atomic mass is 35.5. The van der Waals surface area contributed by atoms with Crippen molar-refractivity contribution < 1.29 is 32.6 Å². The number of nitrogens with one attached hydrogen (secondary N) is 1. The lowest BCUT2D eigenvalue weighted by atomic mass is 10.1. The largest absolute Gasteiger partial charge is 0.456 e. The lowest BCUT2D eigenvalue weighted by Gasteiger charge is -2.20. The van der Waals surface area contributed by atoms with Crippen molar-refractivity contribution in [2.75, 3.05) is 20.3 Å². The van der Waals surface area contributed by atoms with Gasteiger partial charge in [0.05, 0.1) is 17.6 Å². The van der Waals surface area contributed by atoms with E-state index in [1.807, 2.05) is 11.5 Å². The van der Waals surface area contributed by atoms with E-state index in [1.165, 1.54) is 31.2 Å². The molecule has 2 aromatic rings. The summed E-state index contributed by atoms with van der Waals surface area (Å²) in [5.41, 5.74) is 1.95. The van der Waals surface area contributed by atoms with Crippen molar-refractivity contribution in [3.63, 3.8) is 0 Å². The number of benzene rings is 1. The Bertz CT molecular complexity index is 1060. The van der Waals surface area contributed by atoms with Gasteiger partial charge in [0.1, 0.15) is 6.04 Å². The van der Waals surface area contributed by atoms with Crippen LogP contribution in [0.25, 0.3) is 0 Å². The fourth-order valence-electron chi connectivity index (χ4n) is 3.11. The van der Waals surface area contributed by atoms with Crippen LogP contribution in [0.3, 0.4) is 0 Å². The van der Waals surface area contributed by atoms with Crippen LogP contribution in [0.1, 0.15) is 28.7 Å². The summed E-state index contributed by atoms with van der Waals surface area (Å²) < 4.78 is 39.2. The van der Waals surface area contributed by atoms with E-state index < -0.39 is 40.5 Å². The Morgan fingerprint density at radius 2 is 1.84 bits per heavy atom. The number of ketones is 1. The third kappa shape index (κ3) is 6.39. The molecule has 0 radical (unpaired) electrons. The summed E-state index contributed by atoms with van der Waals surface area (Å²) in [7, 11) is -2.56. The first-order valence-corrected chi connectivity index (χ1v) is 11.7. The van der Waals surface area contributed by atoms with Gasteiger partial charge in [-0.05, 0) is 51.1 Å². The summed E-state index contributed by atoms with van der Waals surface area (Å²) in [6.07, 6.45) is -1.40. The number of esters is 1. The van der Waals surface area contributed by atoms with E-state index in [0.29, 0.717) is 29.4 Å².